The molecule has 0 aliphatic carbocycles. The van der Waals surface area contributed by atoms with Gasteiger partial charge in [-0.2, -0.15) is 0 Å². The lowest BCUT2D eigenvalue weighted by Crippen LogP contribution is -2.34. The van der Waals surface area contributed by atoms with Crippen LogP contribution in [-0.4, -0.2) is 33.8 Å². The average Bonchev–Trinajstić information content (AvgIpc) is 2.49. The molecule has 0 saturated heterocycles. The number of nitrogens with zero attached hydrogens (tertiary/aromatic N) is 1. The number of hydrogen-bond donors (Lipinski definition) is 2. The molecule has 1 amide bonds. The topological polar surface area (TPSA) is 79.3 Å². The molecule has 1 aromatic rings. The van der Waals surface area contributed by atoms with Crippen LogP contribution in [0.3, 0.4) is 0 Å². The van der Waals surface area contributed by atoms with Gasteiger partial charge in [0.05, 0.1) is 0 Å². The molecule has 1 atom stereocenters. The van der Waals surface area contributed by atoms with Crippen molar-refractivity contribution in [3.8, 4) is 0 Å². The van der Waals surface area contributed by atoms with Crippen molar-refractivity contribution in [1.82, 2.24) is 10.3 Å². The predicted octanol–water partition coefficient (Wildman–Crippen LogP) is 2.97. The number of aliphatic carboxylic acids is 1. The fourth-order valence-electron chi connectivity index (χ4n) is 1.61. The third-order valence-corrected chi connectivity index (χ3v) is 5.03. The van der Waals surface area contributed by atoms with Crippen molar-refractivity contribution in [2.24, 2.45) is 0 Å². The lowest BCUT2D eigenvalue weighted by molar-refractivity contribution is -0.137. The molecule has 1 heterocycles. The summed E-state index contributed by atoms with van der Waals surface area (Å²) in [5.74, 6) is -0.158. The number of aromatic nitrogens is 1. The summed E-state index contributed by atoms with van der Waals surface area (Å²) in [5, 5.41) is 12.5. The highest BCUT2D eigenvalue weighted by Gasteiger charge is 2.12. The molecule has 0 saturated carbocycles. The summed E-state index contributed by atoms with van der Waals surface area (Å²) in [7, 11) is 3.14. The number of nitrogens with one attached hydrogen (secondary N) is 1. The SMILES string of the molecule is CCC(CCC(=O)O)NC(=O)CCSSc1ccccn1. The van der Waals surface area contributed by atoms with Crippen molar-refractivity contribution in [2.45, 2.75) is 43.7 Å². The Hall–Kier alpha value is -1.21. The van der Waals surface area contributed by atoms with Gasteiger partial charge in [0.15, 0.2) is 0 Å². The van der Waals surface area contributed by atoms with Gasteiger partial charge in [0, 0.05) is 30.8 Å². The van der Waals surface area contributed by atoms with E-state index in [1.165, 1.54) is 0 Å². The van der Waals surface area contributed by atoms with Gasteiger partial charge in [-0.1, -0.05) is 23.8 Å². The molecule has 1 unspecified atom stereocenters. The number of carbonyl (C=O) groups is 2. The Bertz CT molecular complexity index is 443. The number of rotatable bonds is 10. The van der Waals surface area contributed by atoms with Crippen LogP contribution >= 0.6 is 21.6 Å². The molecular weight excluding hydrogens is 308 g/mol. The quantitative estimate of drug-likeness (QED) is 0.508. The highest BCUT2D eigenvalue weighted by molar-refractivity contribution is 8.76. The summed E-state index contributed by atoms with van der Waals surface area (Å²) in [6, 6.07) is 5.67. The Labute approximate surface area is 132 Å². The van der Waals surface area contributed by atoms with E-state index in [1.54, 1.807) is 27.8 Å². The van der Waals surface area contributed by atoms with Crippen LogP contribution in [0.1, 0.15) is 32.6 Å². The number of carboxylic acids is 1. The van der Waals surface area contributed by atoms with Crippen molar-refractivity contribution >= 4 is 33.5 Å². The van der Waals surface area contributed by atoms with Crippen LogP contribution in [0.2, 0.25) is 0 Å². The van der Waals surface area contributed by atoms with Gasteiger partial charge in [0.2, 0.25) is 5.91 Å². The van der Waals surface area contributed by atoms with Gasteiger partial charge >= 0.3 is 5.97 Å². The third-order valence-electron chi connectivity index (χ3n) is 2.76. The summed E-state index contributed by atoms with van der Waals surface area (Å²) >= 11 is 0. The van der Waals surface area contributed by atoms with Crippen molar-refractivity contribution in [3.05, 3.63) is 24.4 Å². The first-order chi connectivity index (χ1) is 10.1. The van der Waals surface area contributed by atoms with Gasteiger partial charge < -0.3 is 10.4 Å². The second kappa shape index (κ2) is 10.5. The highest BCUT2D eigenvalue weighted by atomic mass is 33.1. The minimum atomic E-state index is -0.829. The Morgan fingerprint density at radius 1 is 1.38 bits per heavy atom. The monoisotopic (exact) mass is 328 g/mol. The number of carboxylic acid groups (broad SMARTS) is 1. The second-order valence-electron chi connectivity index (χ2n) is 4.43. The summed E-state index contributed by atoms with van der Waals surface area (Å²) in [5.41, 5.74) is 0. The van der Waals surface area contributed by atoms with E-state index in [0.717, 1.165) is 11.4 Å². The summed E-state index contributed by atoms with van der Waals surface area (Å²) in [6.07, 6.45) is 3.48. The van der Waals surface area contributed by atoms with E-state index in [-0.39, 0.29) is 18.4 Å². The molecule has 5 nitrogen and oxygen atoms in total. The molecule has 116 valence electrons. The van der Waals surface area contributed by atoms with E-state index in [0.29, 0.717) is 18.6 Å². The molecule has 0 spiro atoms. The van der Waals surface area contributed by atoms with E-state index in [1.807, 2.05) is 25.1 Å². The first kappa shape index (κ1) is 17.8. The van der Waals surface area contributed by atoms with E-state index < -0.39 is 5.97 Å². The maximum atomic E-state index is 11.8. The predicted molar refractivity (Wildman–Crippen MR) is 86.3 cm³/mol. The number of hydrogen-bond acceptors (Lipinski definition) is 5. The summed E-state index contributed by atoms with van der Waals surface area (Å²) in [4.78, 5) is 26.5. The summed E-state index contributed by atoms with van der Waals surface area (Å²) < 4.78 is 0. The Balaban J connectivity index is 2.16. The van der Waals surface area contributed by atoms with E-state index in [2.05, 4.69) is 10.3 Å². The molecule has 2 N–H and O–H groups in total. The van der Waals surface area contributed by atoms with E-state index in [9.17, 15) is 9.59 Å². The lowest BCUT2D eigenvalue weighted by Gasteiger charge is -2.15. The molecule has 1 aromatic heterocycles. The minimum absolute atomic E-state index is 0.0265. The van der Waals surface area contributed by atoms with Crippen LogP contribution in [0.4, 0.5) is 0 Å². The lowest BCUT2D eigenvalue weighted by atomic mass is 10.1. The van der Waals surface area contributed by atoms with Crippen LogP contribution in [0.15, 0.2) is 29.4 Å². The zero-order chi connectivity index (χ0) is 15.5. The normalized spacial score (nSPS) is 11.9. The Morgan fingerprint density at radius 2 is 2.19 bits per heavy atom. The van der Waals surface area contributed by atoms with Crippen LogP contribution in [-0.2, 0) is 9.59 Å². The smallest absolute Gasteiger partial charge is 0.303 e. The van der Waals surface area contributed by atoms with Crippen molar-refractivity contribution < 1.29 is 14.7 Å². The molecule has 0 aromatic carbocycles. The molecule has 0 bridgehead atoms. The zero-order valence-corrected chi connectivity index (χ0v) is 13.6. The summed E-state index contributed by atoms with van der Waals surface area (Å²) in [6.45, 7) is 1.94. The molecule has 0 radical (unpaired) electrons. The van der Waals surface area contributed by atoms with Crippen molar-refractivity contribution in [1.29, 1.82) is 0 Å². The molecule has 1 rings (SSSR count). The van der Waals surface area contributed by atoms with Crippen LogP contribution in [0.5, 0.6) is 0 Å². The minimum Gasteiger partial charge on any atom is -0.481 e. The fraction of sp³-hybridized carbons (Fsp3) is 0.500. The second-order valence-corrected chi connectivity index (χ2v) is 6.86. The molecular formula is C14H20N2O3S2. The molecule has 0 aliphatic heterocycles. The van der Waals surface area contributed by atoms with E-state index >= 15 is 0 Å². The Morgan fingerprint density at radius 3 is 2.81 bits per heavy atom. The van der Waals surface area contributed by atoms with Crippen molar-refractivity contribution in [3.63, 3.8) is 0 Å². The molecule has 21 heavy (non-hydrogen) atoms. The van der Waals surface area contributed by atoms with Gasteiger partial charge in [0.1, 0.15) is 5.03 Å². The maximum absolute atomic E-state index is 11.8. The first-order valence-corrected chi connectivity index (χ1v) is 9.15. The van der Waals surface area contributed by atoms with E-state index in [4.69, 9.17) is 5.11 Å². The standard InChI is InChI=1S/C14H20N2O3S2/c1-2-11(6-7-14(18)19)16-12(17)8-10-20-21-13-5-3-4-9-15-13/h3-5,9,11H,2,6-8,10H2,1H3,(H,16,17)(H,18,19). The van der Waals surface area contributed by atoms with Gasteiger partial charge in [-0.15, -0.1) is 0 Å². The van der Waals surface area contributed by atoms with Gasteiger partial charge in [0.25, 0.3) is 0 Å². The molecule has 7 heteroatoms. The van der Waals surface area contributed by atoms with Gasteiger partial charge in [-0.05, 0) is 35.8 Å². The fourth-order valence-corrected chi connectivity index (χ4v) is 3.48. The van der Waals surface area contributed by atoms with Crippen LogP contribution in [0, 0.1) is 0 Å². The van der Waals surface area contributed by atoms with Gasteiger partial charge in [-0.25, -0.2) is 4.98 Å². The van der Waals surface area contributed by atoms with Gasteiger partial charge in [-0.3, -0.25) is 9.59 Å². The first-order valence-electron chi connectivity index (χ1n) is 6.83. The number of pyridine rings is 1. The average molecular weight is 328 g/mol. The largest absolute Gasteiger partial charge is 0.481 e. The molecule has 0 fully saturated rings. The third kappa shape index (κ3) is 8.62. The number of amides is 1. The van der Waals surface area contributed by atoms with Crippen LogP contribution in [0.25, 0.3) is 0 Å². The highest BCUT2D eigenvalue weighted by Crippen LogP contribution is 2.29. The zero-order valence-electron chi connectivity index (χ0n) is 11.9. The number of carbonyl (C=O) groups excluding carboxylic acids is 1. The van der Waals surface area contributed by atoms with Crippen LogP contribution < -0.4 is 5.32 Å². The van der Waals surface area contributed by atoms with Crippen molar-refractivity contribution in [2.75, 3.05) is 5.75 Å². The Kier molecular flexibility index (Phi) is 8.93. The maximum Gasteiger partial charge on any atom is 0.303 e. The molecule has 0 aliphatic rings.